The van der Waals surface area contributed by atoms with Crippen LogP contribution in [0.5, 0.6) is 0 Å². The summed E-state index contributed by atoms with van der Waals surface area (Å²) in [5.41, 5.74) is 1.34. The normalized spacial score (nSPS) is 18.1. The molecule has 1 fully saturated rings. The molecule has 2 heteroatoms. The molecule has 2 nitrogen and oxygen atoms in total. The van der Waals surface area contributed by atoms with E-state index >= 15 is 0 Å². The number of hydrogen-bond donors (Lipinski definition) is 2. The van der Waals surface area contributed by atoms with Crippen molar-refractivity contribution in [3.8, 4) is 0 Å². The largest absolute Gasteiger partial charge is 0.396 e. The molecule has 0 heterocycles. The Morgan fingerprint density at radius 1 is 1.29 bits per heavy atom. The van der Waals surface area contributed by atoms with Gasteiger partial charge in [0.2, 0.25) is 0 Å². The Morgan fingerprint density at radius 2 is 1.94 bits per heavy atom. The van der Waals surface area contributed by atoms with Gasteiger partial charge in [-0.2, -0.15) is 0 Å². The molecular weight excluding hydrogens is 210 g/mol. The Balaban J connectivity index is 1.99. The number of nitrogens with one attached hydrogen (secondary N) is 1. The molecule has 1 unspecified atom stereocenters. The molecule has 0 radical (unpaired) electrons. The van der Waals surface area contributed by atoms with Crippen molar-refractivity contribution in [1.82, 2.24) is 5.32 Å². The van der Waals surface area contributed by atoms with Crippen LogP contribution in [0.15, 0.2) is 30.3 Å². The van der Waals surface area contributed by atoms with Gasteiger partial charge in [-0.15, -0.1) is 0 Å². The number of rotatable bonds is 6. The first kappa shape index (κ1) is 12.6. The molecule has 0 spiro atoms. The molecule has 0 aliphatic heterocycles. The molecule has 94 valence electrons. The van der Waals surface area contributed by atoms with Gasteiger partial charge in [-0.3, -0.25) is 0 Å². The lowest BCUT2D eigenvalue weighted by Gasteiger charge is -2.27. The van der Waals surface area contributed by atoms with Gasteiger partial charge in [0.05, 0.1) is 0 Å². The van der Waals surface area contributed by atoms with Crippen molar-refractivity contribution in [2.75, 3.05) is 13.2 Å². The first-order valence-corrected chi connectivity index (χ1v) is 6.51. The maximum atomic E-state index is 9.29. The minimum Gasteiger partial charge on any atom is -0.396 e. The van der Waals surface area contributed by atoms with Crippen molar-refractivity contribution < 1.29 is 5.11 Å². The number of aliphatic hydroxyl groups excluding tert-OH is 1. The summed E-state index contributed by atoms with van der Waals surface area (Å²) in [6.07, 6.45) is 2.65. The zero-order valence-corrected chi connectivity index (χ0v) is 10.8. The standard InChI is InChI=1S/C15H23NO/c1-15(2,11-17)10-16-14(13-8-9-13)12-6-4-3-5-7-12/h3-7,13-14,16-17H,8-11H2,1-2H3. The molecule has 0 bridgehead atoms. The summed E-state index contributed by atoms with van der Waals surface area (Å²) in [6.45, 7) is 5.27. The zero-order chi connectivity index (χ0) is 12.3. The Bertz CT molecular complexity index is 343. The average molecular weight is 233 g/mol. The van der Waals surface area contributed by atoms with Crippen molar-refractivity contribution in [1.29, 1.82) is 0 Å². The fraction of sp³-hybridized carbons (Fsp3) is 0.600. The van der Waals surface area contributed by atoms with Gasteiger partial charge in [-0.25, -0.2) is 0 Å². The van der Waals surface area contributed by atoms with Crippen molar-refractivity contribution in [2.45, 2.75) is 32.7 Å². The van der Waals surface area contributed by atoms with Crippen LogP contribution in [0.25, 0.3) is 0 Å². The quantitative estimate of drug-likeness (QED) is 0.792. The fourth-order valence-electron chi connectivity index (χ4n) is 2.09. The third kappa shape index (κ3) is 3.55. The zero-order valence-electron chi connectivity index (χ0n) is 10.8. The predicted octanol–water partition coefficient (Wildman–Crippen LogP) is 2.75. The molecule has 2 rings (SSSR count). The van der Waals surface area contributed by atoms with E-state index in [-0.39, 0.29) is 12.0 Å². The van der Waals surface area contributed by atoms with E-state index in [1.165, 1.54) is 18.4 Å². The summed E-state index contributed by atoms with van der Waals surface area (Å²) in [4.78, 5) is 0. The molecule has 1 aromatic carbocycles. The maximum Gasteiger partial charge on any atom is 0.0494 e. The van der Waals surface area contributed by atoms with Gasteiger partial charge in [0.25, 0.3) is 0 Å². The molecule has 0 saturated heterocycles. The topological polar surface area (TPSA) is 32.3 Å². The molecule has 1 aromatic rings. The Morgan fingerprint density at radius 3 is 2.47 bits per heavy atom. The van der Waals surface area contributed by atoms with E-state index in [2.05, 4.69) is 49.5 Å². The monoisotopic (exact) mass is 233 g/mol. The van der Waals surface area contributed by atoms with Crippen LogP contribution >= 0.6 is 0 Å². The smallest absolute Gasteiger partial charge is 0.0494 e. The molecule has 1 aliphatic rings. The van der Waals surface area contributed by atoms with Gasteiger partial charge in [0.1, 0.15) is 0 Å². The molecule has 17 heavy (non-hydrogen) atoms. The highest BCUT2D eigenvalue weighted by atomic mass is 16.3. The maximum absolute atomic E-state index is 9.29. The number of hydrogen-bond acceptors (Lipinski definition) is 2. The van der Waals surface area contributed by atoms with Crippen LogP contribution in [-0.4, -0.2) is 18.3 Å². The van der Waals surface area contributed by atoms with Crippen LogP contribution in [0.4, 0.5) is 0 Å². The van der Waals surface area contributed by atoms with E-state index in [1.54, 1.807) is 0 Å². The molecule has 2 N–H and O–H groups in total. The van der Waals surface area contributed by atoms with Crippen LogP contribution in [-0.2, 0) is 0 Å². The summed E-state index contributed by atoms with van der Waals surface area (Å²) in [6, 6.07) is 11.1. The average Bonchev–Trinajstić information content (AvgIpc) is 3.15. The lowest BCUT2D eigenvalue weighted by Crippen LogP contribution is -2.35. The Labute approximate surface area is 104 Å². The fourth-order valence-corrected chi connectivity index (χ4v) is 2.09. The van der Waals surface area contributed by atoms with E-state index in [4.69, 9.17) is 0 Å². The molecule has 1 atom stereocenters. The summed E-state index contributed by atoms with van der Waals surface area (Å²) < 4.78 is 0. The van der Waals surface area contributed by atoms with Crippen LogP contribution in [0, 0.1) is 11.3 Å². The summed E-state index contributed by atoms with van der Waals surface area (Å²) >= 11 is 0. The second kappa shape index (κ2) is 5.19. The van der Waals surface area contributed by atoms with Crippen molar-refractivity contribution in [3.63, 3.8) is 0 Å². The van der Waals surface area contributed by atoms with Gasteiger partial charge in [0, 0.05) is 24.6 Å². The van der Waals surface area contributed by atoms with E-state index in [0.717, 1.165) is 12.5 Å². The summed E-state index contributed by atoms with van der Waals surface area (Å²) in [7, 11) is 0. The third-order valence-corrected chi connectivity index (χ3v) is 3.48. The van der Waals surface area contributed by atoms with E-state index in [9.17, 15) is 5.11 Å². The minimum atomic E-state index is -0.0398. The first-order valence-electron chi connectivity index (χ1n) is 6.51. The lowest BCUT2D eigenvalue weighted by molar-refractivity contribution is 0.151. The van der Waals surface area contributed by atoms with Crippen LogP contribution < -0.4 is 5.32 Å². The number of benzene rings is 1. The Kier molecular flexibility index (Phi) is 3.85. The lowest BCUT2D eigenvalue weighted by atomic mass is 9.93. The first-order chi connectivity index (χ1) is 8.12. The molecule has 1 saturated carbocycles. The second-order valence-electron chi connectivity index (χ2n) is 5.93. The van der Waals surface area contributed by atoms with Crippen molar-refractivity contribution in [2.24, 2.45) is 11.3 Å². The highest BCUT2D eigenvalue weighted by Crippen LogP contribution is 2.41. The van der Waals surface area contributed by atoms with E-state index in [0.29, 0.717) is 6.04 Å². The third-order valence-electron chi connectivity index (χ3n) is 3.48. The Hall–Kier alpha value is -0.860. The van der Waals surface area contributed by atoms with Crippen LogP contribution in [0.3, 0.4) is 0 Å². The van der Waals surface area contributed by atoms with Gasteiger partial charge >= 0.3 is 0 Å². The van der Waals surface area contributed by atoms with Gasteiger partial charge in [-0.05, 0) is 24.3 Å². The molecule has 0 amide bonds. The minimum absolute atomic E-state index is 0.0398. The van der Waals surface area contributed by atoms with Gasteiger partial charge in [0.15, 0.2) is 0 Å². The van der Waals surface area contributed by atoms with E-state index in [1.807, 2.05) is 0 Å². The van der Waals surface area contributed by atoms with Crippen LogP contribution in [0.1, 0.15) is 38.3 Å². The SMILES string of the molecule is CC(C)(CO)CNC(c1ccccc1)C1CC1. The van der Waals surface area contributed by atoms with Crippen LogP contribution in [0.2, 0.25) is 0 Å². The van der Waals surface area contributed by atoms with Crippen molar-refractivity contribution >= 4 is 0 Å². The summed E-state index contributed by atoms with van der Waals surface area (Å²) in [5, 5.41) is 12.9. The highest BCUT2D eigenvalue weighted by Gasteiger charge is 2.32. The van der Waals surface area contributed by atoms with Gasteiger partial charge in [-0.1, -0.05) is 44.2 Å². The van der Waals surface area contributed by atoms with Crippen molar-refractivity contribution in [3.05, 3.63) is 35.9 Å². The molecule has 1 aliphatic carbocycles. The second-order valence-corrected chi connectivity index (χ2v) is 5.93. The predicted molar refractivity (Wildman–Crippen MR) is 70.8 cm³/mol. The molecular formula is C15H23NO. The summed E-state index contributed by atoms with van der Waals surface area (Å²) in [5.74, 6) is 0.784. The number of aliphatic hydroxyl groups is 1. The van der Waals surface area contributed by atoms with E-state index < -0.39 is 0 Å². The highest BCUT2D eigenvalue weighted by molar-refractivity contribution is 5.21. The van der Waals surface area contributed by atoms with Gasteiger partial charge < -0.3 is 10.4 Å². The molecule has 0 aromatic heterocycles.